The summed E-state index contributed by atoms with van der Waals surface area (Å²) in [6.45, 7) is 0.377. The molecule has 0 fully saturated rings. The van der Waals surface area contributed by atoms with Crippen LogP contribution in [0.2, 0.25) is 0 Å². The number of halogens is 2. The van der Waals surface area contributed by atoms with Crippen LogP contribution in [0.1, 0.15) is 43.2 Å². The molecular weight excluding hydrogens is 434 g/mol. The molecule has 0 saturated carbocycles. The molecule has 33 heavy (non-hydrogen) atoms. The smallest absolute Gasteiger partial charge is 0.407 e. The van der Waals surface area contributed by atoms with Crippen molar-refractivity contribution in [2.24, 2.45) is 0 Å². The van der Waals surface area contributed by atoms with Crippen LogP contribution in [0.5, 0.6) is 0 Å². The zero-order valence-electron chi connectivity index (χ0n) is 18.1. The minimum absolute atomic E-state index is 0.00103. The molecule has 176 valence electrons. The normalized spacial score (nSPS) is 13.5. The van der Waals surface area contributed by atoms with Gasteiger partial charge in [-0.25, -0.2) is 13.6 Å². The monoisotopic (exact) mass is 460 g/mol. The third-order valence-electron chi connectivity index (χ3n) is 5.64. The fourth-order valence-electron chi connectivity index (χ4n) is 3.78. The highest BCUT2D eigenvalue weighted by Crippen LogP contribution is 2.44. The molecule has 1 unspecified atom stereocenters. The van der Waals surface area contributed by atoms with Crippen LogP contribution >= 0.6 is 0 Å². The predicted octanol–water partition coefficient (Wildman–Crippen LogP) is 3.92. The SMILES string of the molecule is CCC(F)(F)CNC(=O)C(CCC(=O)O)NC(=O)OCC1c2ccccc2-c2ccccc21. The Bertz CT molecular complexity index is 982. The lowest BCUT2D eigenvalue weighted by Gasteiger charge is -2.21. The van der Waals surface area contributed by atoms with Crippen molar-refractivity contribution in [2.75, 3.05) is 13.2 Å². The lowest BCUT2D eigenvalue weighted by molar-refractivity contribution is -0.137. The maximum atomic E-state index is 13.5. The Balaban J connectivity index is 1.64. The highest BCUT2D eigenvalue weighted by Gasteiger charge is 2.31. The van der Waals surface area contributed by atoms with E-state index in [4.69, 9.17) is 9.84 Å². The molecule has 2 aromatic carbocycles. The van der Waals surface area contributed by atoms with Crippen molar-refractivity contribution in [3.63, 3.8) is 0 Å². The molecule has 7 nitrogen and oxygen atoms in total. The molecule has 0 saturated heterocycles. The Morgan fingerprint density at radius 3 is 2.18 bits per heavy atom. The second-order valence-electron chi connectivity index (χ2n) is 7.88. The van der Waals surface area contributed by atoms with Gasteiger partial charge in [0.1, 0.15) is 12.6 Å². The quantitative estimate of drug-likeness (QED) is 0.499. The number of alkyl carbamates (subject to hydrolysis) is 1. The summed E-state index contributed by atoms with van der Waals surface area (Å²) < 4.78 is 32.3. The number of nitrogens with one attached hydrogen (secondary N) is 2. The van der Waals surface area contributed by atoms with Gasteiger partial charge in [0.25, 0.3) is 5.92 Å². The van der Waals surface area contributed by atoms with Crippen LogP contribution < -0.4 is 10.6 Å². The van der Waals surface area contributed by atoms with Gasteiger partial charge in [0, 0.05) is 18.8 Å². The van der Waals surface area contributed by atoms with Crippen LogP contribution in [-0.2, 0) is 14.3 Å². The number of carboxylic acid groups (broad SMARTS) is 1. The van der Waals surface area contributed by atoms with E-state index < -0.39 is 49.3 Å². The third kappa shape index (κ3) is 6.06. The Kier molecular flexibility index (Phi) is 7.63. The first-order valence-corrected chi connectivity index (χ1v) is 10.7. The van der Waals surface area contributed by atoms with Crippen LogP contribution in [0.4, 0.5) is 13.6 Å². The summed E-state index contributed by atoms with van der Waals surface area (Å²) in [5.74, 6) is -5.37. The number of ether oxygens (including phenoxy) is 1. The van der Waals surface area contributed by atoms with Crippen LogP contribution in [0.25, 0.3) is 11.1 Å². The standard InChI is InChI=1S/C24H26F2N2O5/c1-2-24(25,26)14-27-22(31)20(11-12-21(29)30)28-23(32)33-13-19-17-9-5-3-7-15(17)16-8-4-6-10-18(16)19/h3-10,19-20H,2,11-14H2,1H3,(H,27,31)(H,28,32)(H,29,30). The number of alkyl halides is 2. The molecule has 3 rings (SSSR count). The predicted molar refractivity (Wildman–Crippen MR) is 117 cm³/mol. The number of carbonyl (C=O) groups is 3. The van der Waals surface area contributed by atoms with Crippen molar-refractivity contribution < 1.29 is 33.0 Å². The number of rotatable bonds is 10. The molecule has 1 aliphatic carbocycles. The summed E-state index contributed by atoms with van der Waals surface area (Å²) in [4.78, 5) is 35.7. The fourth-order valence-corrected chi connectivity index (χ4v) is 3.78. The molecular formula is C24H26F2N2O5. The van der Waals surface area contributed by atoms with Crippen LogP contribution in [0.15, 0.2) is 48.5 Å². The van der Waals surface area contributed by atoms with E-state index in [2.05, 4.69) is 10.6 Å². The van der Waals surface area contributed by atoms with Crippen molar-refractivity contribution >= 4 is 18.0 Å². The first-order valence-electron chi connectivity index (χ1n) is 10.7. The van der Waals surface area contributed by atoms with Crippen molar-refractivity contribution in [1.29, 1.82) is 0 Å². The molecule has 2 amide bonds. The largest absolute Gasteiger partial charge is 0.481 e. The lowest BCUT2D eigenvalue weighted by atomic mass is 9.98. The van der Waals surface area contributed by atoms with Gasteiger partial charge in [0.05, 0.1) is 6.54 Å². The molecule has 3 N–H and O–H groups in total. The molecule has 0 radical (unpaired) electrons. The first-order chi connectivity index (χ1) is 15.7. The van der Waals surface area contributed by atoms with Gasteiger partial charge in [0.2, 0.25) is 5.91 Å². The van der Waals surface area contributed by atoms with E-state index in [9.17, 15) is 23.2 Å². The first kappa shape index (κ1) is 24.2. The van der Waals surface area contributed by atoms with Gasteiger partial charge in [-0.05, 0) is 28.7 Å². The van der Waals surface area contributed by atoms with Gasteiger partial charge in [0.15, 0.2) is 0 Å². The molecule has 2 aromatic rings. The molecule has 1 aliphatic rings. The summed E-state index contributed by atoms with van der Waals surface area (Å²) in [5, 5.41) is 13.3. The number of benzene rings is 2. The number of hydrogen-bond donors (Lipinski definition) is 3. The molecule has 1 atom stereocenters. The van der Waals surface area contributed by atoms with E-state index in [1.807, 2.05) is 48.5 Å². The van der Waals surface area contributed by atoms with E-state index in [1.54, 1.807) is 0 Å². The van der Waals surface area contributed by atoms with Gasteiger partial charge in [-0.1, -0.05) is 55.5 Å². The molecule has 0 bridgehead atoms. The minimum Gasteiger partial charge on any atom is -0.481 e. The summed E-state index contributed by atoms with van der Waals surface area (Å²) in [7, 11) is 0. The van der Waals surface area contributed by atoms with E-state index in [0.29, 0.717) is 0 Å². The molecule has 0 spiro atoms. The number of carbonyl (C=O) groups excluding carboxylic acids is 2. The number of aliphatic carboxylic acids is 1. The zero-order chi connectivity index (χ0) is 24.0. The van der Waals surface area contributed by atoms with E-state index in [-0.39, 0.29) is 18.9 Å². The molecule has 0 aromatic heterocycles. The van der Waals surface area contributed by atoms with Gasteiger partial charge >= 0.3 is 12.1 Å². The number of hydrogen-bond acceptors (Lipinski definition) is 4. The number of carboxylic acids is 1. The second-order valence-corrected chi connectivity index (χ2v) is 7.88. The van der Waals surface area contributed by atoms with Crippen LogP contribution in [0, 0.1) is 0 Å². The van der Waals surface area contributed by atoms with Crippen LogP contribution in [-0.4, -0.2) is 48.2 Å². The minimum atomic E-state index is -3.10. The Labute approximate surface area is 190 Å². The Hall–Kier alpha value is -3.49. The highest BCUT2D eigenvalue weighted by molar-refractivity contribution is 5.86. The van der Waals surface area contributed by atoms with Gasteiger partial charge in [-0.3, -0.25) is 9.59 Å². The van der Waals surface area contributed by atoms with Crippen molar-refractivity contribution in [3.05, 3.63) is 59.7 Å². The number of amides is 2. The Morgan fingerprint density at radius 1 is 1.06 bits per heavy atom. The fraction of sp³-hybridized carbons (Fsp3) is 0.375. The van der Waals surface area contributed by atoms with Gasteiger partial charge < -0.3 is 20.5 Å². The zero-order valence-corrected chi connectivity index (χ0v) is 18.1. The van der Waals surface area contributed by atoms with Crippen molar-refractivity contribution in [2.45, 2.75) is 44.1 Å². The second kappa shape index (κ2) is 10.4. The van der Waals surface area contributed by atoms with Crippen molar-refractivity contribution in [3.8, 4) is 11.1 Å². The van der Waals surface area contributed by atoms with Gasteiger partial charge in [-0.15, -0.1) is 0 Å². The average Bonchev–Trinajstić information content (AvgIpc) is 3.12. The van der Waals surface area contributed by atoms with Crippen LogP contribution in [0.3, 0.4) is 0 Å². The maximum absolute atomic E-state index is 13.5. The summed E-state index contributed by atoms with van der Waals surface area (Å²) >= 11 is 0. The summed E-state index contributed by atoms with van der Waals surface area (Å²) in [6, 6.07) is 14.2. The van der Waals surface area contributed by atoms with E-state index in [1.165, 1.54) is 6.92 Å². The Morgan fingerprint density at radius 2 is 1.64 bits per heavy atom. The highest BCUT2D eigenvalue weighted by atomic mass is 19.3. The van der Waals surface area contributed by atoms with E-state index in [0.717, 1.165) is 22.3 Å². The van der Waals surface area contributed by atoms with E-state index >= 15 is 0 Å². The third-order valence-corrected chi connectivity index (χ3v) is 5.64. The molecule has 0 heterocycles. The number of fused-ring (bicyclic) bond motifs is 3. The summed E-state index contributed by atoms with van der Waals surface area (Å²) in [5.41, 5.74) is 4.12. The topological polar surface area (TPSA) is 105 Å². The maximum Gasteiger partial charge on any atom is 0.407 e. The summed E-state index contributed by atoms with van der Waals surface area (Å²) in [6.07, 6.45) is -2.08. The average molecular weight is 460 g/mol. The lowest BCUT2D eigenvalue weighted by Crippen LogP contribution is -2.49. The van der Waals surface area contributed by atoms with Gasteiger partial charge in [-0.2, -0.15) is 0 Å². The molecule has 0 aliphatic heterocycles. The molecule has 9 heteroatoms. The van der Waals surface area contributed by atoms with Crippen molar-refractivity contribution in [1.82, 2.24) is 10.6 Å².